The van der Waals surface area contributed by atoms with Crippen molar-refractivity contribution in [1.82, 2.24) is 14.9 Å². The molecular weight excluding hydrogens is 247 g/mol. The highest BCUT2D eigenvalue weighted by atomic mass is 19.4. The summed E-state index contributed by atoms with van der Waals surface area (Å²) in [5, 5.41) is 3.21. The van der Waals surface area contributed by atoms with Gasteiger partial charge in [0, 0.05) is 31.6 Å². The van der Waals surface area contributed by atoms with Crippen molar-refractivity contribution < 1.29 is 17.9 Å². The molecule has 1 N–H and O–H groups in total. The number of imidazole rings is 1. The zero-order valence-electron chi connectivity index (χ0n) is 10.3. The average molecular weight is 265 g/mol. The third-order valence-electron chi connectivity index (χ3n) is 2.27. The minimum Gasteiger partial charge on any atom is -0.372 e. The van der Waals surface area contributed by atoms with Crippen molar-refractivity contribution in [3.05, 3.63) is 18.7 Å². The number of nitrogens with zero attached hydrogens (tertiary/aromatic N) is 2. The molecule has 0 amide bonds. The van der Waals surface area contributed by atoms with E-state index in [0.717, 1.165) is 6.54 Å². The molecule has 0 aliphatic heterocycles. The molecule has 104 valence electrons. The van der Waals surface area contributed by atoms with E-state index in [1.165, 1.54) is 0 Å². The molecule has 1 heterocycles. The fourth-order valence-electron chi connectivity index (χ4n) is 1.49. The van der Waals surface area contributed by atoms with E-state index in [1.807, 2.05) is 17.7 Å². The lowest BCUT2D eigenvalue weighted by molar-refractivity contribution is -0.173. The predicted molar refractivity (Wildman–Crippen MR) is 61.2 cm³/mol. The summed E-state index contributed by atoms with van der Waals surface area (Å²) in [7, 11) is 0. The quantitative estimate of drug-likeness (QED) is 0.729. The van der Waals surface area contributed by atoms with E-state index >= 15 is 0 Å². The molecule has 0 radical (unpaired) electrons. The van der Waals surface area contributed by atoms with Crippen molar-refractivity contribution in [2.45, 2.75) is 32.1 Å². The first-order valence-electron chi connectivity index (χ1n) is 5.81. The Labute approximate surface area is 104 Å². The Hall–Kier alpha value is -1.08. The van der Waals surface area contributed by atoms with Crippen LogP contribution in [0.1, 0.15) is 13.3 Å². The van der Waals surface area contributed by atoms with Gasteiger partial charge in [0.1, 0.15) is 6.61 Å². The van der Waals surface area contributed by atoms with Crippen molar-refractivity contribution in [2.24, 2.45) is 0 Å². The number of hydrogen-bond acceptors (Lipinski definition) is 3. The third-order valence-corrected chi connectivity index (χ3v) is 2.27. The van der Waals surface area contributed by atoms with Crippen LogP contribution in [-0.2, 0) is 11.3 Å². The molecule has 0 aromatic carbocycles. The van der Waals surface area contributed by atoms with Crippen LogP contribution >= 0.6 is 0 Å². The molecule has 1 aromatic heterocycles. The molecule has 0 saturated heterocycles. The molecule has 0 aliphatic rings. The predicted octanol–water partition coefficient (Wildman–Crippen LogP) is 1.83. The summed E-state index contributed by atoms with van der Waals surface area (Å²) >= 11 is 0. The second kappa shape index (κ2) is 7.38. The molecule has 0 spiro atoms. The molecule has 18 heavy (non-hydrogen) atoms. The van der Waals surface area contributed by atoms with Crippen LogP contribution in [0.4, 0.5) is 13.2 Å². The second-order valence-corrected chi connectivity index (χ2v) is 4.14. The normalized spacial score (nSPS) is 13.8. The number of nitrogens with one attached hydrogen (secondary N) is 1. The van der Waals surface area contributed by atoms with Crippen LogP contribution in [0.25, 0.3) is 0 Å². The Kier molecular flexibility index (Phi) is 6.14. The summed E-state index contributed by atoms with van der Waals surface area (Å²) in [6.45, 7) is 2.37. The molecule has 1 rings (SSSR count). The molecule has 0 aliphatic carbocycles. The van der Waals surface area contributed by atoms with E-state index in [1.54, 1.807) is 12.5 Å². The number of rotatable bonds is 8. The summed E-state index contributed by atoms with van der Waals surface area (Å²) in [6.07, 6.45) is 1.62. The average Bonchev–Trinajstić information content (AvgIpc) is 2.74. The second-order valence-electron chi connectivity index (χ2n) is 4.14. The molecular formula is C11H18F3N3O. The summed E-state index contributed by atoms with van der Waals surface area (Å²) < 4.78 is 41.7. The van der Waals surface area contributed by atoms with Gasteiger partial charge < -0.3 is 14.6 Å². The van der Waals surface area contributed by atoms with Gasteiger partial charge in [0.05, 0.1) is 6.33 Å². The maximum atomic E-state index is 11.8. The van der Waals surface area contributed by atoms with Crippen molar-refractivity contribution in [1.29, 1.82) is 0 Å². The van der Waals surface area contributed by atoms with Crippen molar-refractivity contribution in [3.8, 4) is 0 Å². The summed E-state index contributed by atoms with van der Waals surface area (Å²) in [5.41, 5.74) is 0. The Morgan fingerprint density at radius 1 is 1.44 bits per heavy atom. The van der Waals surface area contributed by atoms with Gasteiger partial charge in [-0.05, 0) is 19.9 Å². The van der Waals surface area contributed by atoms with E-state index < -0.39 is 12.8 Å². The van der Waals surface area contributed by atoms with Crippen LogP contribution in [0.15, 0.2) is 18.7 Å². The van der Waals surface area contributed by atoms with Gasteiger partial charge in [0.25, 0.3) is 0 Å². The maximum absolute atomic E-state index is 11.8. The molecule has 1 unspecified atom stereocenters. The molecule has 0 bridgehead atoms. The summed E-state index contributed by atoms with van der Waals surface area (Å²) in [6, 6.07) is 0.238. The molecule has 4 nitrogen and oxygen atoms in total. The van der Waals surface area contributed by atoms with Gasteiger partial charge in [-0.15, -0.1) is 0 Å². The van der Waals surface area contributed by atoms with E-state index in [-0.39, 0.29) is 12.6 Å². The van der Waals surface area contributed by atoms with E-state index in [2.05, 4.69) is 15.0 Å². The van der Waals surface area contributed by atoms with Crippen molar-refractivity contribution in [3.63, 3.8) is 0 Å². The van der Waals surface area contributed by atoms with Gasteiger partial charge in [-0.25, -0.2) is 4.98 Å². The fraction of sp³-hybridized carbons (Fsp3) is 0.727. The summed E-state index contributed by atoms with van der Waals surface area (Å²) in [5.74, 6) is 0. The number of hydrogen-bond donors (Lipinski definition) is 1. The first-order valence-corrected chi connectivity index (χ1v) is 5.81. The molecule has 0 saturated carbocycles. The van der Waals surface area contributed by atoms with Crippen LogP contribution in [0.3, 0.4) is 0 Å². The topological polar surface area (TPSA) is 39.1 Å². The zero-order chi connectivity index (χ0) is 13.4. The minimum absolute atomic E-state index is 0.115. The van der Waals surface area contributed by atoms with Gasteiger partial charge in [-0.1, -0.05) is 0 Å². The highest BCUT2D eigenvalue weighted by molar-refractivity contribution is 4.76. The lowest BCUT2D eigenvalue weighted by Crippen LogP contribution is -2.31. The van der Waals surface area contributed by atoms with Gasteiger partial charge in [-0.3, -0.25) is 0 Å². The summed E-state index contributed by atoms with van der Waals surface area (Å²) in [4.78, 5) is 3.93. The van der Waals surface area contributed by atoms with Gasteiger partial charge in [0.15, 0.2) is 0 Å². The van der Waals surface area contributed by atoms with Crippen LogP contribution in [0.2, 0.25) is 0 Å². The first kappa shape index (κ1) is 15.0. The van der Waals surface area contributed by atoms with E-state index in [0.29, 0.717) is 13.0 Å². The minimum atomic E-state index is -4.23. The number of ether oxygens (including phenoxy) is 1. The largest absolute Gasteiger partial charge is 0.411 e. The number of halogens is 3. The lowest BCUT2D eigenvalue weighted by atomic mass is 10.3. The Morgan fingerprint density at radius 2 is 2.22 bits per heavy atom. The van der Waals surface area contributed by atoms with Crippen molar-refractivity contribution >= 4 is 0 Å². The van der Waals surface area contributed by atoms with E-state index in [9.17, 15) is 13.2 Å². The van der Waals surface area contributed by atoms with Crippen molar-refractivity contribution in [2.75, 3.05) is 19.8 Å². The molecule has 7 heteroatoms. The Morgan fingerprint density at radius 3 is 2.83 bits per heavy atom. The van der Waals surface area contributed by atoms with Crippen LogP contribution in [0, 0.1) is 0 Å². The molecule has 0 fully saturated rings. The highest BCUT2D eigenvalue weighted by Crippen LogP contribution is 2.14. The zero-order valence-corrected chi connectivity index (χ0v) is 10.3. The van der Waals surface area contributed by atoms with Crippen LogP contribution in [-0.4, -0.2) is 41.5 Å². The Bertz CT molecular complexity index is 314. The lowest BCUT2D eigenvalue weighted by Gasteiger charge is -2.14. The molecule has 1 atom stereocenters. The fourth-order valence-corrected chi connectivity index (χ4v) is 1.49. The Balaban J connectivity index is 1.97. The number of aromatic nitrogens is 2. The monoisotopic (exact) mass is 265 g/mol. The van der Waals surface area contributed by atoms with Gasteiger partial charge in [0.2, 0.25) is 0 Å². The standard InChI is InChI=1S/C11H18F3N3O/c1-10(7-17-5-4-15-9-17)16-3-2-6-18-8-11(12,13)14/h4-5,9-10,16H,2-3,6-8H2,1H3. The smallest absolute Gasteiger partial charge is 0.372 e. The van der Waals surface area contributed by atoms with Crippen LogP contribution < -0.4 is 5.32 Å². The first-order chi connectivity index (χ1) is 8.47. The number of alkyl halides is 3. The molecule has 1 aromatic rings. The third kappa shape index (κ3) is 7.29. The maximum Gasteiger partial charge on any atom is 0.411 e. The van der Waals surface area contributed by atoms with E-state index in [4.69, 9.17) is 0 Å². The highest BCUT2D eigenvalue weighted by Gasteiger charge is 2.27. The van der Waals surface area contributed by atoms with Gasteiger partial charge >= 0.3 is 6.18 Å². The SMILES string of the molecule is CC(Cn1ccnc1)NCCCOCC(F)(F)F. The van der Waals surface area contributed by atoms with Crippen LogP contribution in [0.5, 0.6) is 0 Å². The van der Waals surface area contributed by atoms with Gasteiger partial charge in [-0.2, -0.15) is 13.2 Å².